The maximum Gasteiger partial charge on any atom is 0.223 e. The van der Waals surface area contributed by atoms with Gasteiger partial charge in [0.1, 0.15) is 0 Å². The molecule has 1 heterocycles. The van der Waals surface area contributed by atoms with Crippen molar-refractivity contribution in [3.05, 3.63) is 65.4 Å². The van der Waals surface area contributed by atoms with Gasteiger partial charge in [0.25, 0.3) is 0 Å². The number of anilines is 4. The van der Waals surface area contributed by atoms with Crippen molar-refractivity contribution < 1.29 is 32.7 Å². The third-order valence-electron chi connectivity index (χ3n) is 3.83. The number of aliphatic imine (C=N–C) groups is 1. The van der Waals surface area contributed by atoms with E-state index in [0.29, 0.717) is 11.8 Å². The van der Waals surface area contributed by atoms with Crippen molar-refractivity contribution in [2.45, 2.75) is 20.8 Å². The molecular formula is C20H20N5Y-. The van der Waals surface area contributed by atoms with Crippen LogP contribution in [0.2, 0.25) is 0 Å². The van der Waals surface area contributed by atoms with Gasteiger partial charge in [0.05, 0.1) is 5.69 Å². The van der Waals surface area contributed by atoms with Gasteiger partial charge in [-0.2, -0.15) is 0 Å². The summed E-state index contributed by atoms with van der Waals surface area (Å²) < 4.78 is 0. The van der Waals surface area contributed by atoms with Crippen LogP contribution in [0.4, 0.5) is 28.8 Å². The van der Waals surface area contributed by atoms with Gasteiger partial charge in [0, 0.05) is 44.1 Å². The summed E-state index contributed by atoms with van der Waals surface area (Å²) in [6, 6.07) is 14.9. The predicted molar refractivity (Wildman–Crippen MR) is 104 cm³/mol. The summed E-state index contributed by atoms with van der Waals surface area (Å²) in [5.74, 6) is 1.12. The van der Waals surface area contributed by atoms with E-state index in [1.807, 2.05) is 24.3 Å². The van der Waals surface area contributed by atoms with E-state index in [4.69, 9.17) is 0 Å². The normalized spacial score (nSPS) is 9.96. The van der Waals surface area contributed by atoms with E-state index in [1.54, 1.807) is 6.20 Å². The van der Waals surface area contributed by atoms with E-state index >= 15 is 0 Å². The predicted octanol–water partition coefficient (Wildman–Crippen LogP) is 5.02. The first-order valence-electron chi connectivity index (χ1n) is 7.98. The van der Waals surface area contributed by atoms with Crippen LogP contribution in [0.15, 0.2) is 47.6 Å². The average molecular weight is 419 g/mol. The minimum absolute atomic E-state index is 0. The summed E-state index contributed by atoms with van der Waals surface area (Å²) in [5, 5.41) is 6.52. The molecule has 0 unspecified atom stereocenters. The van der Waals surface area contributed by atoms with Crippen molar-refractivity contribution >= 4 is 35.5 Å². The van der Waals surface area contributed by atoms with Crippen LogP contribution >= 0.6 is 0 Å². The number of nitrogens with zero attached hydrogens (tertiary/aromatic N) is 3. The Kier molecular flexibility index (Phi) is 7.01. The molecule has 5 nitrogen and oxygen atoms in total. The van der Waals surface area contributed by atoms with Gasteiger partial charge in [-0.25, -0.2) is 4.98 Å². The number of nitrogens with one attached hydrogen (secondary N) is 2. The van der Waals surface area contributed by atoms with Gasteiger partial charge in [0.15, 0.2) is 0 Å². The molecule has 6 heteroatoms. The zero-order valence-electron chi connectivity index (χ0n) is 15.2. The van der Waals surface area contributed by atoms with Crippen LogP contribution in [0.1, 0.15) is 16.7 Å². The molecule has 3 aromatic rings. The second kappa shape index (κ2) is 9.01. The Morgan fingerprint density at radius 1 is 1.00 bits per heavy atom. The fraction of sp³-hybridized carbons (Fsp3) is 0.150. The number of benzene rings is 2. The molecule has 3 rings (SSSR count). The van der Waals surface area contributed by atoms with E-state index in [1.165, 1.54) is 5.56 Å². The topological polar surface area (TPSA) is 62.2 Å². The van der Waals surface area contributed by atoms with Crippen LogP contribution in [0.3, 0.4) is 0 Å². The fourth-order valence-corrected chi connectivity index (χ4v) is 2.72. The van der Waals surface area contributed by atoms with Gasteiger partial charge in [-0.05, 0) is 68.7 Å². The molecule has 0 amide bonds. The molecule has 0 spiro atoms. The minimum Gasteiger partial charge on any atom is -0.408 e. The summed E-state index contributed by atoms with van der Waals surface area (Å²) in [6.45, 7) is 9.75. The zero-order valence-corrected chi connectivity index (χ0v) is 18.0. The van der Waals surface area contributed by atoms with Crippen LogP contribution in [0, 0.1) is 26.8 Å². The molecule has 0 saturated carbocycles. The molecule has 129 valence electrons. The molecule has 1 aromatic heterocycles. The number of hydrogen-bond donors (Lipinski definition) is 2. The molecule has 0 aliphatic carbocycles. The first kappa shape index (κ1) is 20.2. The summed E-state index contributed by atoms with van der Waals surface area (Å²) in [7, 11) is 0. The van der Waals surface area contributed by atoms with Crippen molar-refractivity contribution in [1.82, 2.24) is 9.97 Å². The van der Waals surface area contributed by atoms with E-state index < -0.39 is 0 Å². The molecule has 26 heavy (non-hydrogen) atoms. The van der Waals surface area contributed by atoms with Crippen LogP contribution < -0.4 is 10.6 Å². The first-order chi connectivity index (χ1) is 12.0. The summed E-state index contributed by atoms with van der Waals surface area (Å²) in [4.78, 5) is 12.6. The maximum absolute atomic E-state index is 4.49. The fourth-order valence-electron chi connectivity index (χ4n) is 2.72. The molecule has 2 N–H and O–H groups in total. The van der Waals surface area contributed by atoms with Gasteiger partial charge in [-0.1, -0.05) is 17.7 Å². The third-order valence-corrected chi connectivity index (χ3v) is 3.83. The molecule has 1 radical (unpaired) electrons. The molecule has 0 bridgehead atoms. The largest absolute Gasteiger partial charge is 0.408 e. The van der Waals surface area contributed by atoms with E-state index in [9.17, 15) is 0 Å². The average Bonchev–Trinajstić information content (AvgIpc) is 2.59. The summed E-state index contributed by atoms with van der Waals surface area (Å²) in [6.07, 6.45) is 1.61. The third kappa shape index (κ3) is 4.96. The van der Waals surface area contributed by atoms with Crippen LogP contribution in [0.25, 0.3) is 0 Å². The van der Waals surface area contributed by atoms with Crippen LogP contribution in [0.5, 0.6) is 0 Å². The zero-order chi connectivity index (χ0) is 17.8. The molecule has 2 aromatic carbocycles. The molecular weight excluding hydrogens is 399 g/mol. The Hall–Kier alpha value is -2.11. The Bertz CT molecular complexity index is 883. The van der Waals surface area contributed by atoms with Crippen molar-refractivity contribution in [3.8, 4) is 0 Å². The van der Waals surface area contributed by atoms with Crippen molar-refractivity contribution in [2.24, 2.45) is 4.99 Å². The van der Waals surface area contributed by atoms with Crippen molar-refractivity contribution in [2.75, 3.05) is 10.6 Å². The van der Waals surface area contributed by atoms with E-state index in [0.717, 1.165) is 28.2 Å². The summed E-state index contributed by atoms with van der Waals surface area (Å²) >= 11 is 0. The van der Waals surface area contributed by atoms with Gasteiger partial charge in [0.2, 0.25) is 5.95 Å². The Labute approximate surface area is 179 Å². The van der Waals surface area contributed by atoms with Gasteiger partial charge in [-0.15, -0.1) is 6.20 Å². The second-order valence-corrected chi connectivity index (χ2v) is 5.92. The number of hydrogen-bond acceptors (Lipinski definition) is 5. The second-order valence-electron chi connectivity index (χ2n) is 5.92. The standard InChI is InChI=1S/C20H20N5.Y/c1-13-11-14(2)19(15(3)12-13)25-20-22-10-9-18(24-20)23-17-7-5-16(21-4)6-8-17;/h5-8,10-12H,4H2,1-3H3,(H2,22,23,24,25);/q-1;. The van der Waals surface area contributed by atoms with E-state index in [2.05, 4.69) is 71.3 Å². The molecule has 0 saturated heterocycles. The van der Waals surface area contributed by atoms with Crippen LogP contribution in [-0.2, 0) is 32.7 Å². The van der Waals surface area contributed by atoms with Crippen molar-refractivity contribution in [1.29, 1.82) is 0 Å². The van der Waals surface area contributed by atoms with E-state index in [-0.39, 0.29) is 32.7 Å². The monoisotopic (exact) mass is 419 g/mol. The smallest absolute Gasteiger partial charge is 0.223 e. The molecule has 0 aliphatic heterocycles. The first-order valence-corrected chi connectivity index (χ1v) is 7.98. The van der Waals surface area contributed by atoms with Crippen molar-refractivity contribution in [3.63, 3.8) is 0 Å². The van der Waals surface area contributed by atoms with Gasteiger partial charge < -0.3 is 16.7 Å². The number of aromatic nitrogens is 2. The SMILES string of the molecule is C=Nc1ccc(Nc2[c-]cnc(Nc3c(C)cc(C)cc3C)n2)cc1.[Y]. The minimum atomic E-state index is 0. The maximum atomic E-state index is 4.49. The van der Waals surface area contributed by atoms with Gasteiger partial charge >= 0.3 is 0 Å². The number of rotatable bonds is 5. The Morgan fingerprint density at radius 2 is 1.65 bits per heavy atom. The Morgan fingerprint density at radius 3 is 2.27 bits per heavy atom. The summed E-state index contributed by atoms with van der Waals surface area (Å²) in [5.41, 5.74) is 6.32. The quantitative estimate of drug-likeness (QED) is 0.451. The number of aryl methyl sites for hydroxylation is 3. The molecule has 0 fully saturated rings. The van der Waals surface area contributed by atoms with Gasteiger partial charge in [-0.3, -0.25) is 9.98 Å². The molecule has 0 atom stereocenters. The molecule has 0 aliphatic rings. The Balaban J connectivity index is 0.00000243. The van der Waals surface area contributed by atoms with Crippen LogP contribution in [-0.4, -0.2) is 16.7 Å².